The second kappa shape index (κ2) is 8.57. The Labute approximate surface area is 212 Å². The molecule has 1 aliphatic carbocycles. The molecule has 0 atom stereocenters. The summed E-state index contributed by atoms with van der Waals surface area (Å²) < 4.78 is 4.80. The van der Waals surface area contributed by atoms with Crippen LogP contribution in [0.4, 0.5) is 0 Å². The number of benzene rings is 4. The van der Waals surface area contributed by atoms with E-state index < -0.39 is 0 Å². The Morgan fingerprint density at radius 2 is 0.861 bits per heavy atom. The van der Waals surface area contributed by atoms with Crippen molar-refractivity contribution in [1.29, 1.82) is 0 Å². The smallest absolute Gasteiger partial charge is 0.0531 e. The minimum Gasteiger partial charge on any atom is -0.316 e. The standard InChI is InChI=1S/C34H30N2/c1-4-14-26(15-5-1)35-24-30(28-18-8-10-20-32(28)35)34(22-12-3-13-23-34)31-25-36(27-16-6-2-7-17-27)33-21-11-9-19-29(31)33/h1-2,4-11,14-21,24-25H,3,12-13,22-23H2. The van der Waals surface area contributed by atoms with Crippen LogP contribution in [0.3, 0.4) is 0 Å². The second-order valence-corrected chi connectivity index (χ2v) is 10.2. The van der Waals surface area contributed by atoms with Crippen LogP contribution in [0.2, 0.25) is 0 Å². The van der Waals surface area contributed by atoms with Gasteiger partial charge >= 0.3 is 0 Å². The molecule has 2 heterocycles. The van der Waals surface area contributed by atoms with E-state index in [9.17, 15) is 0 Å². The monoisotopic (exact) mass is 466 g/mol. The van der Waals surface area contributed by atoms with Gasteiger partial charge in [-0.3, -0.25) is 0 Å². The topological polar surface area (TPSA) is 9.86 Å². The van der Waals surface area contributed by atoms with Crippen molar-refractivity contribution in [2.75, 3.05) is 0 Å². The van der Waals surface area contributed by atoms with Crippen molar-refractivity contribution < 1.29 is 0 Å². The zero-order chi connectivity index (χ0) is 24.0. The molecule has 0 radical (unpaired) electrons. The predicted octanol–water partition coefficient (Wildman–Crippen LogP) is 8.82. The van der Waals surface area contributed by atoms with Crippen molar-refractivity contribution >= 4 is 21.8 Å². The number of rotatable bonds is 4. The van der Waals surface area contributed by atoms with E-state index in [0.717, 1.165) is 0 Å². The molecule has 0 aliphatic heterocycles. The first-order valence-electron chi connectivity index (χ1n) is 13.2. The number of para-hydroxylation sites is 4. The van der Waals surface area contributed by atoms with Crippen molar-refractivity contribution in [1.82, 2.24) is 9.13 Å². The largest absolute Gasteiger partial charge is 0.316 e. The molecule has 0 N–H and O–H groups in total. The maximum atomic E-state index is 2.44. The molecule has 1 fully saturated rings. The minimum absolute atomic E-state index is 0.0164. The van der Waals surface area contributed by atoms with E-state index in [2.05, 4.69) is 131 Å². The van der Waals surface area contributed by atoms with Gasteiger partial charge in [-0.25, -0.2) is 0 Å². The fourth-order valence-electron chi connectivity index (χ4n) is 6.57. The maximum Gasteiger partial charge on any atom is 0.0531 e. The fourth-order valence-corrected chi connectivity index (χ4v) is 6.57. The Kier molecular flexibility index (Phi) is 5.06. The maximum absolute atomic E-state index is 2.44. The molecule has 1 saturated carbocycles. The molecular formula is C34H30N2. The average molecular weight is 467 g/mol. The lowest BCUT2D eigenvalue weighted by Gasteiger charge is -2.37. The summed E-state index contributed by atoms with van der Waals surface area (Å²) in [7, 11) is 0. The Morgan fingerprint density at radius 1 is 0.444 bits per heavy atom. The van der Waals surface area contributed by atoms with Crippen LogP contribution in [0, 0.1) is 0 Å². The zero-order valence-corrected chi connectivity index (χ0v) is 20.5. The van der Waals surface area contributed by atoms with Crippen LogP contribution in [0.25, 0.3) is 33.2 Å². The van der Waals surface area contributed by atoms with Gasteiger partial charge in [0.1, 0.15) is 0 Å². The number of fused-ring (bicyclic) bond motifs is 2. The van der Waals surface area contributed by atoms with Gasteiger partial charge in [-0.2, -0.15) is 0 Å². The molecule has 2 heteroatoms. The second-order valence-electron chi connectivity index (χ2n) is 10.2. The van der Waals surface area contributed by atoms with Crippen LogP contribution in [-0.2, 0) is 5.41 Å². The molecule has 0 spiro atoms. The lowest BCUT2D eigenvalue weighted by atomic mass is 9.65. The summed E-state index contributed by atoms with van der Waals surface area (Å²) in [5, 5.41) is 2.75. The Balaban J connectivity index is 1.53. The first-order chi connectivity index (χ1) is 17.9. The van der Waals surface area contributed by atoms with E-state index in [-0.39, 0.29) is 5.41 Å². The summed E-state index contributed by atoms with van der Waals surface area (Å²) in [5.41, 5.74) is 7.94. The van der Waals surface area contributed by atoms with Gasteiger partial charge in [-0.15, -0.1) is 0 Å². The highest BCUT2D eigenvalue weighted by molar-refractivity contribution is 5.91. The molecule has 0 saturated heterocycles. The van der Waals surface area contributed by atoms with Gasteiger partial charge in [-0.1, -0.05) is 92.1 Å². The highest BCUT2D eigenvalue weighted by Crippen LogP contribution is 2.50. The van der Waals surface area contributed by atoms with Crippen molar-refractivity contribution in [3.05, 3.63) is 133 Å². The quantitative estimate of drug-likeness (QED) is 0.246. The van der Waals surface area contributed by atoms with Crippen LogP contribution in [0.5, 0.6) is 0 Å². The highest BCUT2D eigenvalue weighted by Gasteiger charge is 2.40. The van der Waals surface area contributed by atoms with Crippen LogP contribution in [0.1, 0.15) is 43.2 Å². The number of hydrogen-bond acceptors (Lipinski definition) is 0. The summed E-state index contributed by atoms with van der Waals surface area (Å²) in [6.45, 7) is 0. The molecule has 6 aromatic rings. The summed E-state index contributed by atoms with van der Waals surface area (Å²) in [4.78, 5) is 0. The van der Waals surface area contributed by atoms with Crippen LogP contribution in [-0.4, -0.2) is 9.13 Å². The number of nitrogens with zero attached hydrogens (tertiary/aromatic N) is 2. The number of hydrogen-bond donors (Lipinski definition) is 0. The first-order valence-corrected chi connectivity index (χ1v) is 13.2. The summed E-state index contributed by atoms with van der Waals surface area (Å²) in [6.07, 6.45) is 11.1. The molecule has 4 aromatic carbocycles. The molecule has 1 aliphatic rings. The van der Waals surface area contributed by atoms with E-state index in [1.807, 2.05) is 0 Å². The zero-order valence-electron chi connectivity index (χ0n) is 20.5. The molecule has 0 bridgehead atoms. The van der Waals surface area contributed by atoms with Gasteiger partial charge in [0, 0.05) is 40.0 Å². The van der Waals surface area contributed by atoms with Gasteiger partial charge < -0.3 is 9.13 Å². The van der Waals surface area contributed by atoms with Crippen molar-refractivity contribution in [2.24, 2.45) is 0 Å². The normalized spacial score (nSPS) is 15.4. The van der Waals surface area contributed by atoms with E-state index in [4.69, 9.17) is 0 Å². The summed E-state index contributed by atoms with van der Waals surface area (Å²) in [6, 6.07) is 39.5. The molecule has 2 nitrogen and oxygen atoms in total. The van der Waals surface area contributed by atoms with E-state index in [1.165, 1.54) is 76.4 Å². The summed E-state index contributed by atoms with van der Waals surface area (Å²) in [5.74, 6) is 0. The fraction of sp³-hybridized carbons (Fsp3) is 0.176. The van der Waals surface area contributed by atoms with Gasteiger partial charge in [0.05, 0.1) is 11.0 Å². The molecular weight excluding hydrogens is 436 g/mol. The molecule has 176 valence electrons. The molecule has 2 aromatic heterocycles. The third-order valence-corrected chi connectivity index (χ3v) is 8.23. The van der Waals surface area contributed by atoms with Crippen molar-refractivity contribution in [3.8, 4) is 11.4 Å². The van der Waals surface area contributed by atoms with Crippen LogP contribution in [0.15, 0.2) is 122 Å². The van der Waals surface area contributed by atoms with E-state index in [1.54, 1.807) is 0 Å². The molecule has 7 rings (SSSR count). The van der Waals surface area contributed by atoms with E-state index >= 15 is 0 Å². The lowest BCUT2D eigenvalue weighted by molar-refractivity contribution is 0.350. The van der Waals surface area contributed by atoms with Crippen molar-refractivity contribution in [3.63, 3.8) is 0 Å². The third kappa shape index (κ3) is 3.25. The number of aromatic nitrogens is 2. The third-order valence-electron chi connectivity index (χ3n) is 8.23. The van der Waals surface area contributed by atoms with E-state index in [0.29, 0.717) is 0 Å². The molecule has 0 unspecified atom stereocenters. The highest BCUT2D eigenvalue weighted by atomic mass is 15.0. The van der Waals surface area contributed by atoms with Gasteiger partial charge in [0.2, 0.25) is 0 Å². The Hall–Kier alpha value is -4.04. The Morgan fingerprint density at radius 3 is 1.33 bits per heavy atom. The summed E-state index contributed by atoms with van der Waals surface area (Å²) >= 11 is 0. The Bertz CT molecular complexity index is 1530. The van der Waals surface area contributed by atoms with Crippen LogP contribution >= 0.6 is 0 Å². The first kappa shape index (κ1) is 21.3. The lowest BCUT2D eigenvalue weighted by Crippen LogP contribution is -2.30. The van der Waals surface area contributed by atoms with Crippen molar-refractivity contribution in [2.45, 2.75) is 37.5 Å². The van der Waals surface area contributed by atoms with Gasteiger partial charge in [0.15, 0.2) is 0 Å². The van der Waals surface area contributed by atoms with Gasteiger partial charge in [0.25, 0.3) is 0 Å². The average Bonchev–Trinajstić information content (AvgIpc) is 3.55. The predicted molar refractivity (Wildman–Crippen MR) is 150 cm³/mol. The van der Waals surface area contributed by atoms with Gasteiger partial charge in [-0.05, 0) is 60.4 Å². The molecule has 36 heavy (non-hydrogen) atoms. The van der Waals surface area contributed by atoms with Crippen LogP contribution < -0.4 is 0 Å². The minimum atomic E-state index is -0.0164. The molecule has 0 amide bonds. The SMILES string of the molecule is c1ccc(-n2cc(C3(c4cn(-c5ccccc5)c5ccccc45)CCCCC3)c3ccccc32)cc1.